The van der Waals surface area contributed by atoms with E-state index < -0.39 is 0 Å². The van der Waals surface area contributed by atoms with Gasteiger partial charge >= 0.3 is 11.4 Å². The van der Waals surface area contributed by atoms with Gasteiger partial charge < -0.3 is 11.1 Å². The summed E-state index contributed by atoms with van der Waals surface area (Å²) in [5, 5.41) is 0. The van der Waals surface area contributed by atoms with Gasteiger partial charge in [0.15, 0.2) is 0 Å². The Hall–Kier alpha value is -1.24. The summed E-state index contributed by atoms with van der Waals surface area (Å²) in [6.07, 6.45) is 19.1. The van der Waals surface area contributed by atoms with Gasteiger partial charge in [0.2, 0.25) is 0 Å². The Labute approximate surface area is 149 Å². The van der Waals surface area contributed by atoms with Gasteiger partial charge in [-0.15, -0.1) is 0 Å². The van der Waals surface area contributed by atoms with Crippen molar-refractivity contribution in [2.45, 2.75) is 117 Å². The van der Waals surface area contributed by atoms with Crippen molar-refractivity contribution >= 4 is 11.4 Å². The molecule has 0 amide bonds. The molecule has 0 aliphatic heterocycles. The van der Waals surface area contributed by atoms with Crippen molar-refractivity contribution in [2.24, 2.45) is 0 Å². The van der Waals surface area contributed by atoms with E-state index in [0.29, 0.717) is 24.3 Å². The van der Waals surface area contributed by atoms with E-state index in [1.54, 1.807) is 0 Å². The lowest BCUT2D eigenvalue weighted by Crippen LogP contribution is -2.16. The summed E-state index contributed by atoms with van der Waals surface area (Å²) in [5.74, 6) is 0. The fourth-order valence-corrected chi connectivity index (χ4v) is 2.98. The fourth-order valence-electron chi connectivity index (χ4n) is 2.98. The first-order chi connectivity index (χ1) is 11.8. The van der Waals surface area contributed by atoms with Gasteiger partial charge in [0, 0.05) is 0 Å². The van der Waals surface area contributed by atoms with E-state index >= 15 is 0 Å². The molecule has 0 saturated heterocycles. The molecule has 0 aromatic carbocycles. The van der Waals surface area contributed by atoms with E-state index in [1.165, 1.54) is 64.2 Å². The fraction of sp³-hybridized carbons (Fsp3) is 0.900. The number of hydrogen-bond acceptors (Lipinski definition) is 0. The van der Waals surface area contributed by atoms with Crippen molar-refractivity contribution < 1.29 is 9.58 Å². The van der Waals surface area contributed by atoms with Gasteiger partial charge in [-0.25, -0.2) is 0 Å². The summed E-state index contributed by atoms with van der Waals surface area (Å²) in [6.45, 7) is 4.36. The van der Waals surface area contributed by atoms with E-state index in [9.17, 15) is 0 Å². The second-order valence-corrected chi connectivity index (χ2v) is 6.84. The zero-order valence-electron chi connectivity index (χ0n) is 16.1. The van der Waals surface area contributed by atoms with Crippen LogP contribution >= 0.6 is 0 Å². The van der Waals surface area contributed by atoms with E-state index in [-0.39, 0.29) is 0 Å². The molecule has 0 bridgehead atoms. The highest BCUT2D eigenvalue weighted by atomic mass is 14.9. The van der Waals surface area contributed by atoms with Gasteiger partial charge in [-0.2, -0.15) is 9.58 Å². The van der Waals surface area contributed by atoms with Crippen LogP contribution in [0.2, 0.25) is 0 Å². The zero-order valence-corrected chi connectivity index (χ0v) is 16.1. The van der Waals surface area contributed by atoms with Crippen molar-refractivity contribution in [1.82, 2.24) is 0 Å². The van der Waals surface area contributed by atoms with Gasteiger partial charge in [-0.1, -0.05) is 90.9 Å². The first-order valence-electron chi connectivity index (χ1n) is 10.2. The minimum atomic E-state index is 0.544. The summed E-state index contributed by atoms with van der Waals surface area (Å²) < 4.78 is 0. The van der Waals surface area contributed by atoms with Crippen molar-refractivity contribution in [2.75, 3.05) is 0 Å². The van der Waals surface area contributed by atoms with Crippen LogP contribution in [0.5, 0.6) is 0 Å². The molecule has 0 aromatic heterocycles. The van der Waals surface area contributed by atoms with Gasteiger partial charge in [0.25, 0.3) is 0 Å². The summed E-state index contributed by atoms with van der Waals surface area (Å²) in [5.41, 5.74) is 19.2. The van der Waals surface area contributed by atoms with Crippen molar-refractivity contribution in [3.63, 3.8) is 0 Å². The molecular formula is C20H38N4. The Balaban J connectivity index is 3.57. The highest BCUT2D eigenvalue weighted by molar-refractivity contribution is 6.37. The number of rotatable bonds is 17. The normalized spacial score (nSPS) is 10.2. The zero-order chi connectivity index (χ0) is 17.9. The highest BCUT2D eigenvalue weighted by Crippen LogP contribution is 2.12. The molecule has 0 radical (unpaired) electrons. The summed E-state index contributed by atoms with van der Waals surface area (Å²) >= 11 is 0. The average molecular weight is 335 g/mol. The number of unbranched alkanes of at least 4 members (excludes halogenated alkanes) is 12. The third-order valence-corrected chi connectivity index (χ3v) is 4.61. The molecule has 0 aromatic rings. The molecule has 0 saturated carbocycles. The number of hydrogen-bond donors (Lipinski definition) is 0. The van der Waals surface area contributed by atoms with E-state index in [4.69, 9.17) is 11.1 Å². The monoisotopic (exact) mass is 334 g/mol. The van der Waals surface area contributed by atoms with Crippen LogP contribution in [-0.2, 0) is 0 Å². The quantitative estimate of drug-likeness (QED) is 0.124. The Morgan fingerprint density at radius 3 is 1.21 bits per heavy atom. The molecule has 0 fully saturated rings. The largest absolute Gasteiger partial charge is 0.375 e. The lowest BCUT2D eigenvalue weighted by atomic mass is 10.0. The van der Waals surface area contributed by atoms with Crippen LogP contribution in [0, 0.1) is 0 Å². The van der Waals surface area contributed by atoms with Crippen LogP contribution in [0.15, 0.2) is 0 Å². The Kier molecular flexibility index (Phi) is 17.2. The van der Waals surface area contributed by atoms with Gasteiger partial charge in [-0.05, 0) is 12.8 Å². The van der Waals surface area contributed by atoms with Crippen molar-refractivity contribution in [3.8, 4) is 0 Å². The minimum absolute atomic E-state index is 0.544. The summed E-state index contributed by atoms with van der Waals surface area (Å²) in [7, 11) is 0. The molecule has 24 heavy (non-hydrogen) atoms. The lowest BCUT2D eigenvalue weighted by molar-refractivity contribution is -0.0284. The molecule has 0 rings (SSSR count). The maximum Gasteiger partial charge on any atom is 0.375 e. The van der Waals surface area contributed by atoms with E-state index in [1.807, 2.05) is 0 Å². The molecule has 0 N–H and O–H groups in total. The second kappa shape index (κ2) is 18.1. The van der Waals surface area contributed by atoms with E-state index in [2.05, 4.69) is 23.4 Å². The predicted octanol–water partition coefficient (Wildman–Crippen LogP) is 6.61. The average Bonchev–Trinajstić information content (AvgIpc) is 2.61. The Morgan fingerprint density at radius 2 is 0.833 bits per heavy atom. The summed E-state index contributed by atoms with van der Waals surface area (Å²) in [4.78, 5) is 6.62. The maximum atomic E-state index is 9.10. The predicted molar refractivity (Wildman–Crippen MR) is 102 cm³/mol. The van der Waals surface area contributed by atoms with Gasteiger partial charge in [-0.3, -0.25) is 0 Å². The second-order valence-electron chi connectivity index (χ2n) is 6.84. The molecule has 4 heteroatoms. The third kappa shape index (κ3) is 13.2. The standard InChI is InChI=1S/C20H38N4/c1-3-5-7-8-9-10-11-12-13-14-15-16-18-20(24-22)19(23-21)17-6-4-2/h3-18H2,1-2H3. The SMILES string of the molecule is CCCCCCCCCCCCCCC(=[N+]=[N-])C(CCCC)=[N+]=[N-]. The molecular weight excluding hydrogens is 296 g/mol. The third-order valence-electron chi connectivity index (χ3n) is 4.61. The molecule has 0 aliphatic carbocycles. The lowest BCUT2D eigenvalue weighted by Gasteiger charge is -2.02. The molecule has 0 aliphatic rings. The molecule has 0 unspecified atom stereocenters. The van der Waals surface area contributed by atoms with Crippen LogP contribution in [0.25, 0.3) is 11.1 Å². The van der Waals surface area contributed by atoms with Gasteiger partial charge in [0.1, 0.15) is 0 Å². The summed E-state index contributed by atoms with van der Waals surface area (Å²) in [6, 6.07) is 0. The first-order valence-corrected chi connectivity index (χ1v) is 10.2. The van der Waals surface area contributed by atoms with Gasteiger partial charge in [0.05, 0.1) is 12.8 Å². The first kappa shape index (κ1) is 22.8. The van der Waals surface area contributed by atoms with Crippen LogP contribution in [0.3, 0.4) is 0 Å². The molecule has 0 spiro atoms. The Bertz CT molecular complexity index is 390. The van der Waals surface area contributed by atoms with Crippen LogP contribution in [0.4, 0.5) is 0 Å². The molecule has 4 nitrogen and oxygen atoms in total. The highest BCUT2D eigenvalue weighted by Gasteiger charge is 2.24. The molecule has 0 heterocycles. The van der Waals surface area contributed by atoms with Crippen LogP contribution < -0.4 is 0 Å². The molecule has 138 valence electrons. The van der Waals surface area contributed by atoms with Crippen molar-refractivity contribution in [3.05, 3.63) is 11.1 Å². The van der Waals surface area contributed by atoms with Crippen LogP contribution in [-0.4, -0.2) is 21.0 Å². The smallest absolute Gasteiger partial charge is 0.361 e. The van der Waals surface area contributed by atoms with Crippen LogP contribution in [0.1, 0.15) is 117 Å². The maximum absolute atomic E-state index is 9.10. The topological polar surface area (TPSA) is 72.8 Å². The number of nitrogens with zero attached hydrogens (tertiary/aromatic N) is 4. The van der Waals surface area contributed by atoms with E-state index in [0.717, 1.165) is 25.7 Å². The van der Waals surface area contributed by atoms with Crippen molar-refractivity contribution in [1.29, 1.82) is 0 Å². The minimum Gasteiger partial charge on any atom is -0.361 e. The molecule has 0 atom stereocenters. The Morgan fingerprint density at radius 1 is 0.500 bits per heavy atom.